The predicted molar refractivity (Wildman–Crippen MR) is 120 cm³/mol. The van der Waals surface area contributed by atoms with E-state index in [1.54, 1.807) is 42.6 Å². The fraction of sp³-hybridized carbons (Fsp3) is 0.0833. The molecule has 1 N–H and O–H groups in total. The molecule has 1 aliphatic heterocycles. The van der Waals surface area contributed by atoms with Crippen LogP contribution in [0.15, 0.2) is 88.8 Å². The number of carbonyl (C=O) groups is 3. The topological polar surface area (TPSA) is 79.4 Å². The molecule has 0 saturated heterocycles. The van der Waals surface area contributed by atoms with Crippen molar-refractivity contribution in [2.45, 2.75) is 18.4 Å². The molecular weight excluding hydrogens is 410 g/mol. The molecule has 0 fully saturated rings. The van der Waals surface area contributed by atoms with Crippen LogP contribution in [0.1, 0.15) is 18.2 Å². The Morgan fingerprint density at radius 2 is 1.65 bits per heavy atom. The summed E-state index contributed by atoms with van der Waals surface area (Å²) in [4.78, 5) is 44.6. The van der Waals surface area contributed by atoms with E-state index in [1.807, 2.05) is 36.4 Å². The van der Waals surface area contributed by atoms with E-state index in [4.69, 9.17) is 0 Å². The van der Waals surface area contributed by atoms with Crippen molar-refractivity contribution in [2.75, 3.05) is 5.32 Å². The quantitative estimate of drug-likeness (QED) is 0.597. The Hall–Kier alpha value is -3.71. The molecule has 0 bridgehead atoms. The van der Waals surface area contributed by atoms with Gasteiger partial charge in [0.15, 0.2) is 0 Å². The number of thioether (sulfide) groups is 1. The van der Waals surface area contributed by atoms with Gasteiger partial charge >= 0.3 is 0 Å². The highest BCUT2D eigenvalue weighted by atomic mass is 32.2. The van der Waals surface area contributed by atoms with Gasteiger partial charge in [0.1, 0.15) is 0 Å². The first-order valence-corrected chi connectivity index (χ1v) is 10.5. The average molecular weight is 430 g/mol. The maximum atomic E-state index is 13.3. The van der Waals surface area contributed by atoms with Crippen molar-refractivity contribution in [2.24, 2.45) is 0 Å². The second kappa shape index (κ2) is 8.97. The van der Waals surface area contributed by atoms with Gasteiger partial charge in [-0.2, -0.15) is 0 Å². The molecule has 154 valence electrons. The Bertz CT molecular complexity index is 1160. The van der Waals surface area contributed by atoms with Crippen LogP contribution in [-0.4, -0.2) is 27.6 Å². The first-order valence-electron chi connectivity index (χ1n) is 9.64. The first kappa shape index (κ1) is 20.6. The number of pyridine rings is 1. The van der Waals surface area contributed by atoms with Gasteiger partial charge in [-0.25, -0.2) is 0 Å². The lowest BCUT2D eigenvalue weighted by Gasteiger charge is -2.14. The summed E-state index contributed by atoms with van der Waals surface area (Å²) < 4.78 is 0. The van der Waals surface area contributed by atoms with Crippen molar-refractivity contribution in [3.05, 3.63) is 95.2 Å². The van der Waals surface area contributed by atoms with E-state index in [9.17, 15) is 14.4 Å². The zero-order valence-electron chi connectivity index (χ0n) is 16.7. The highest BCUT2D eigenvalue weighted by Gasteiger charge is 2.39. The number of benzene rings is 2. The van der Waals surface area contributed by atoms with Gasteiger partial charge in [-0.05, 0) is 42.0 Å². The largest absolute Gasteiger partial charge is 0.326 e. The highest BCUT2D eigenvalue weighted by molar-refractivity contribution is 8.04. The van der Waals surface area contributed by atoms with Gasteiger partial charge in [0.2, 0.25) is 5.91 Å². The van der Waals surface area contributed by atoms with E-state index < -0.39 is 0 Å². The maximum absolute atomic E-state index is 13.3. The SMILES string of the molecule is CC(=O)Nc1ccc(C2=C(Sc3ccccc3)C(=O)N(Cc3ccccn3)C2=O)cc1. The van der Waals surface area contributed by atoms with Gasteiger partial charge in [-0.15, -0.1) is 0 Å². The zero-order valence-corrected chi connectivity index (χ0v) is 17.6. The number of carbonyl (C=O) groups excluding carboxylic acids is 3. The number of aromatic nitrogens is 1. The highest BCUT2D eigenvalue weighted by Crippen LogP contribution is 2.40. The zero-order chi connectivity index (χ0) is 21.8. The van der Waals surface area contributed by atoms with Gasteiger partial charge in [0, 0.05) is 23.7 Å². The van der Waals surface area contributed by atoms with E-state index in [1.165, 1.54) is 23.6 Å². The fourth-order valence-electron chi connectivity index (χ4n) is 3.23. The summed E-state index contributed by atoms with van der Waals surface area (Å²) >= 11 is 1.27. The molecule has 2 heterocycles. The molecule has 0 radical (unpaired) electrons. The summed E-state index contributed by atoms with van der Waals surface area (Å²) in [6, 6.07) is 21.8. The smallest absolute Gasteiger partial charge is 0.268 e. The van der Waals surface area contributed by atoms with Crippen LogP contribution in [0, 0.1) is 0 Å². The third-order valence-corrected chi connectivity index (χ3v) is 5.72. The van der Waals surface area contributed by atoms with Crippen LogP contribution in [0.2, 0.25) is 0 Å². The van der Waals surface area contributed by atoms with Crippen LogP contribution in [0.25, 0.3) is 5.57 Å². The lowest BCUT2D eigenvalue weighted by Crippen LogP contribution is -2.31. The van der Waals surface area contributed by atoms with Crippen molar-refractivity contribution in [3.8, 4) is 0 Å². The van der Waals surface area contributed by atoms with Crippen LogP contribution >= 0.6 is 11.8 Å². The molecular formula is C24H19N3O3S. The van der Waals surface area contributed by atoms with Crippen LogP contribution in [-0.2, 0) is 20.9 Å². The van der Waals surface area contributed by atoms with E-state index in [0.717, 1.165) is 4.90 Å². The average Bonchev–Trinajstić information content (AvgIpc) is 3.00. The molecule has 6 nitrogen and oxygen atoms in total. The lowest BCUT2D eigenvalue weighted by molar-refractivity contribution is -0.137. The Kier molecular flexibility index (Phi) is 5.95. The molecule has 3 amide bonds. The van der Waals surface area contributed by atoms with Crippen LogP contribution < -0.4 is 5.32 Å². The van der Waals surface area contributed by atoms with Gasteiger partial charge in [0.25, 0.3) is 11.8 Å². The molecule has 2 aromatic carbocycles. The standard InChI is InChI=1S/C24H19N3O3S/c1-16(28)26-18-12-10-17(11-13-18)21-22(31-20-8-3-2-4-9-20)24(30)27(23(21)29)15-19-7-5-6-14-25-19/h2-14H,15H2,1H3,(H,26,28). The van der Waals surface area contributed by atoms with Crippen molar-refractivity contribution >= 4 is 40.7 Å². The molecule has 3 aromatic rings. The molecule has 0 atom stereocenters. The molecule has 0 saturated carbocycles. The van der Waals surface area contributed by atoms with Crippen molar-refractivity contribution in [1.29, 1.82) is 0 Å². The number of hydrogen-bond donors (Lipinski definition) is 1. The second-order valence-corrected chi connectivity index (χ2v) is 7.98. The first-order chi connectivity index (χ1) is 15.0. The molecule has 0 unspecified atom stereocenters. The number of amides is 3. The second-order valence-electron chi connectivity index (χ2n) is 6.90. The van der Waals surface area contributed by atoms with Gasteiger partial charge in [-0.1, -0.05) is 48.2 Å². The minimum Gasteiger partial charge on any atom is -0.326 e. The summed E-state index contributed by atoms with van der Waals surface area (Å²) in [6.07, 6.45) is 1.63. The molecule has 7 heteroatoms. The molecule has 1 aromatic heterocycles. The van der Waals surface area contributed by atoms with Crippen molar-refractivity contribution in [3.63, 3.8) is 0 Å². The number of imide groups is 1. The number of hydrogen-bond acceptors (Lipinski definition) is 5. The number of rotatable bonds is 6. The third kappa shape index (κ3) is 4.57. The molecule has 0 aliphatic carbocycles. The molecule has 0 spiro atoms. The number of nitrogens with one attached hydrogen (secondary N) is 1. The van der Waals surface area contributed by atoms with Gasteiger partial charge in [0.05, 0.1) is 22.7 Å². The van der Waals surface area contributed by atoms with Crippen LogP contribution in [0.3, 0.4) is 0 Å². The van der Waals surface area contributed by atoms with E-state index in [-0.39, 0.29) is 24.3 Å². The number of anilines is 1. The van der Waals surface area contributed by atoms with Gasteiger partial charge in [-0.3, -0.25) is 24.3 Å². The summed E-state index contributed by atoms with van der Waals surface area (Å²) in [6.45, 7) is 1.53. The molecule has 31 heavy (non-hydrogen) atoms. The predicted octanol–water partition coefficient (Wildman–Crippen LogP) is 4.11. The Morgan fingerprint density at radius 1 is 0.935 bits per heavy atom. The molecule has 4 rings (SSSR count). The Morgan fingerprint density at radius 3 is 2.29 bits per heavy atom. The normalized spacial score (nSPS) is 13.6. The van der Waals surface area contributed by atoms with E-state index in [2.05, 4.69) is 10.3 Å². The lowest BCUT2D eigenvalue weighted by atomic mass is 10.1. The van der Waals surface area contributed by atoms with Crippen molar-refractivity contribution in [1.82, 2.24) is 9.88 Å². The van der Waals surface area contributed by atoms with Gasteiger partial charge < -0.3 is 5.32 Å². The minimum atomic E-state index is -0.360. The van der Waals surface area contributed by atoms with Crippen LogP contribution in [0.5, 0.6) is 0 Å². The summed E-state index contributed by atoms with van der Waals surface area (Å²) in [7, 11) is 0. The van der Waals surface area contributed by atoms with E-state index >= 15 is 0 Å². The van der Waals surface area contributed by atoms with Crippen molar-refractivity contribution < 1.29 is 14.4 Å². The number of nitrogens with zero attached hydrogens (tertiary/aromatic N) is 2. The molecule has 1 aliphatic rings. The fourth-order valence-corrected chi connectivity index (χ4v) is 4.26. The van der Waals surface area contributed by atoms with E-state index in [0.29, 0.717) is 27.4 Å². The Balaban J connectivity index is 1.71. The monoisotopic (exact) mass is 429 g/mol. The maximum Gasteiger partial charge on any atom is 0.268 e. The summed E-state index contributed by atoms with van der Waals surface area (Å²) in [5.41, 5.74) is 2.23. The third-order valence-electron chi connectivity index (χ3n) is 4.63. The van der Waals surface area contributed by atoms with Crippen LogP contribution in [0.4, 0.5) is 5.69 Å². The Labute approximate surface area is 184 Å². The summed E-state index contributed by atoms with van der Waals surface area (Å²) in [5, 5.41) is 2.70. The summed E-state index contributed by atoms with van der Waals surface area (Å²) in [5.74, 6) is -0.882. The minimum absolute atomic E-state index is 0.102.